The van der Waals surface area contributed by atoms with Crippen LogP contribution in [0.5, 0.6) is 5.75 Å². The molecule has 0 aromatic heterocycles. The highest BCUT2D eigenvalue weighted by Crippen LogP contribution is 2.22. The minimum atomic E-state index is -4.78. The molecule has 6 nitrogen and oxygen atoms in total. The maximum absolute atomic E-state index is 12.1. The second-order valence-corrected chi connectivity index (χ2v) is 4.57. The minimum absolute atomic E-state index is 0.108. The van der Waals surface area contributed by atoms with E-state index in [-0.39, 0.29) is 19.6 Å². The van der Waals surface area contributed by atoms with Crippen LogP contribution in [0, 0.1) is 0 Å². The highest BCUT2D eigenvalue weighted by Gasteiger charge is 2.31. The second kappa shape index (κ2) is 8.37. The molecule has 1 aromatic carbocycles. The van der Waals surface area contributed by atoms with Gasteiger partial charge >= 0.3 is 12.3 Å². The normalized spacial score (nSPS) is 11.1. The van der Waals surface area contributed by atoms with Gasteiger partial charge in [-0.15, -0.1) is 13.2 Å². The van der Waals surface area contributed by atoms with Crippen molar-refractivity contribution in [1.29, 1.82) is 0 Å². The molecule has 0 saturated carbocycles. The number of carboxylic acid groups (broad SMARTS) is 1. The number of aliphatic carboxylic acids is 1. The Balaban J connectivity index is 2.68. The number of carbonyl (C=O) groups excluding carboxylic acids is 1. The van der Waals surface area contributed by atoms with Crippen molar-refractivity contribution in [2.75, 3.05) is 26.8 Å². The van der Waals surface area contributed by atoms with Crippen molar-refractivity contribution in [2.45, 2.75) is 12.8 Å². The molecule has 0 aliphatic rings. The lowest BCUT2D eigenvalue weighted by atomic mass is 10.1. The first kappa shape index (κ1) is 18.8. The van der Waals surface area contributed by atoms with E-state index in [0.717, 1.165) is 17.0 Å². The predicted molar refractivity (Wildman–Crippen MR) is 72.9 cm³/mol. The number of hydrogen-bond donors (Lipinski definition) is 1. The van der Waals surface area contributed by atoms with Crippen molar-refractivity contribution in [3.8, 4) is 5.75 Å². The number of carboxylic acids is 1. The molecule has 1 aromatic rings. The van der Waals surface area contributed by atoms with Gasteiger partial charge in [0.05, 0.1) is 13.0 Å². The van der Waals surface area contributed by atoms with Crippen molar-refractivity contribution >= 4 is 11.9 Å². The summed E-state index contributed by atoms with van der Waals surface area (Å²) in [7, 11) is 1.42. The van der Waals surface area contributed by atoms with E-state index < -0.39 is 30.5 Å². The van der Waals surface area contributed by atoms with Gasteiger partial charge in [-0.3, -0.25) is 9.59 Å². The Morgan fingerprint density at radius 2 is 1.83 bits per heavy atom. The first-order chi connectivity index (χ1) is 10.7. The van der Waals surface area contributed by atoms with Gasteiger partial charge in [0.1, 0.15) is 12.3 Å². The Morgan fingerprint density at radius 3 is 2.30 bits per heavy atom. The molecule has 0 aliphatic heterocycles. The van der Waals surface area contributed by atoms with Crippen LogP contribution in [0.1, 0.15) is 5.56 Å². The lowest BCUT2D eigenvalue weighted by Crippen LogP contribution is -2.38. The molecule has 9 heteroatoms. The van der Waals surface area contributed by atoms with E-state index in [0.29, 0.717) is 5.56 Å². The summed E-state index contributed by atoms with van der Waals surface area (Å²) in [6.45, 7) is -0.189. The van der Waals surface area contributed by atoms with Gasteiger partial charge in [-0.1, -0.05) is 12.1 Å². The van der Waals surface area contributed by atoms with Crippen LogP contribution in [0.3, 0.4) is 0 Å². The van der Waals surface area contributed by atoms with E-state index in [4.69, 9.17) is 9.84 Å². The highest BCUT2D eigenvalue weighted by atomic mass is 19.4. The molecule has 1 amide bonds. The number of halogens is 3. The van der Waals surface area contributed by atoms with E-state index in [1.165, 1.54) is 19.2 Å². The average Bonchev–Trinajstić information content (AvgIpc) is 2.43. The van der Waals surface area contributed by atoms with Crippen LogP contribution in [0.2, 0.25) is 0 Å². The molecular weight excluding hydrogens is 319 g/mol. The first-order valence-electron chi connectivity index (χ1n) is 6.54. The summed E-state index contributed by atoms with van der Waals surface area (Å²) in [6.07, 6.45) is -4.92. The SMILES string of the molecule is COCCN(CC(=O)O)C(=O)Cc1ccc(OC(F)(F)F)cc1. The molecule has 23 heavy (non-hydrogen) atoms. The van der Waals surface area contributed by atoms with Gasteiger partial charge < -0.3 is 19.5 Å². The van der Waals surface area contributed by atoms with Gasteiger partial charge in [-0.2, -0.15) is 0 Å². The Hall–Kier alpha value is -2.29. The maximum atomic E-state index is 12.1. The highest BCUT2D eigenvalue weighted by molar-refractivity contribution is 5.83. The first-order valence-corrected chi connectivity index (χ1v) is 6.54. The zero-order valence-corrected chi connectivity index (χ0v) is 12.3. The summed E-state index contributed by atoms with van der Waals surface area (Å²) >= 11 is 0. The Morgan fingerprint density at radius 1 is 1.22 bits per heavy atom. The molecule has 0 spiro atoms. The maximum Gasteiger partial charge on any atom is 0.573 e. The molecule has 128 valence electrons. The molecule has 0 atom stereocenters. The lowest BCUT2D eigenvalue weighted by Gasteiger charge is -2.20. The Kier molecular flexibility index (Phi) is 6.83. The van der Waals surface area contributed by atoms with Crippen molar-refractivity contribution < 1.29 is 37.3 Å². The molecule has 0 fully saturated rings. The predicted octanol–water partition coefficient (Wildman–Crippen LogP) is 1.69. The van der Waals surface area contributed by atoms with Crippen LogP contribution in [0.15, 0.2) is 24.3 Å². The van der Waals surface area contributed by atoms with Crippen LogP contribution in [-0.2, 0) is 20.7 Å². The summed E-state index contributed by atoms with van der Waals surface area (Å²) in [5, 5.41) is 8.78. The minimum Gasteiger partial charge on any atom is -0.480 e. The summed E-state index contributed by atoms with van der Waals surface area (Å²) in [5.41, 5.74) is 0.442. The molecule has 1 N–H and O–H groups in total. The van der Waals surface area contributed by atoms with Gasteiger partial charge in [-0.25, -0.2) is 0 Å². The topological polar surface area (TPSA) is 76.1 Å². The summed E-state index contributed by atoms with van der Waals surface area (Å²) < 4.78 is 44.7. The van der Waals surface area contributed by atoms with Crippen LogP contribution in [-0.4, -0.2) is 55.1 Å². The number of nitrogens with zero attached hydrogens (tertiary/aromatic N) is 1. The second-order valence-electron chi connectivity index (χ2n) is 4.57. The summed E-state index contributed by atoms with van der Waals surface area (Å²) in [4.78, 5) is 23.9. The summed E-state index contributed by atoms with van der Waals surface area (Å²) in [6, 6.07) is 4.81. The molecule has 0 radical (unpaired) electrons. The number of rotatable bonds is 8. The van der Waals surface area contributed by atoms with Gasteiger partial charge in [0.25, 0.3) is 0 Å². The van der Waals surface area contributed by atoms with Gasteiger partial charge in [0.15, 0.2) is 0 Å². The molecule has 0 aliphatic carbocycles. The average molecular weight is 335 g/mol. The van der Waals surface area contributed by atoms with Crippen LogP contribution in [0.25, 0.3) is 0 Å². The Bertz CT molecular complexity index is 530. The molecule has 0 unspecified atom stereocenters. The monoisotopic (exact) mass is 335 g/mol. The number of methoxy groups -OCH3 is 1. The third-order valence-corrected chi connectivity index (χ3v) is 2.76. The fourth-order valence-corrected chi connectivity index (χ4v) is 1.75. The van der Waals surface area contributed by atoms with E-state index in [2.05, 4.69) is 4.74 Å². The number of carbonyl (C=O) groups is 2. The smallest absolute Gasteiger partial charge is 0.480 e. The van der Waals surface area contributed by atoms with Gasteiger partial charge in [0.2, 0.25) is 5.91 Å². The fourth-order valence-electron chi connectivity index (χ4n) is 1.75. The number of hydrogen-bond acceptors (Lipinski definition) is 4. The van der Waals surface area contributed by atoms with Crippen LogP contribution in [0.4, 0.5) is 13.2 Å². The number of alkyl halides is 3. The lowest BCUT2D eigenvalue weighted by molar-refractivity contribution is -0.274. The third kappa shape index (κ3) is 7.50. The van der Waals surface area contributed by atoms with Crippen molar-refractivity contribution in [3.05, 3.63) is 29.8 Å². The molecule has 0 heterocycles. The van der Waals surface area contributed by atoms with E-state index in [1.807, 2.05) is 0 Å². The number of amides is 1. The van der Waals surface area contributed by atoms with Crippen LogP contribution < -0.4 is 4.74 Å². The van der Waals surface area contributed by atoms with Crippen molar-refractivity contribution in [2.24, 2.45) is 0 Å². The van der Waals surface area contributed by atoms with Crippen molar-refractivity contribution in [1.82, 2.24) is 4.90 Å². The largest absolute Gasteiger partial charge is 0.573 e. The molecule has 1 rings (SSSR count). The van der Waals surface area contributed by atoms with Crippen LogP contribution >= 0.6 is 0 Å². The zero-order valence-electron chi connectivity index (χ0n) is 12.3. The molecule has 0 bridgehead atoms. The van der Waals surface area contributed by atoms with Crippen molar-refractivity contribution in [3.63, 3.8) is 0 Å². The quantitative estimate of drug-likeness (QED) is 0.782. The van der Waals surface area contributed by atoms with Gasteiger partial charge in [-0.05, 0) is 17.7 Å². The van der Waals surface area contributed by atoms with E-state index >= 15 is 0 Å². The van der Waals surface area contributed by atoms with E-state index in [9.17, 15) is 22.8 Å². The number of ether oxygens (including phenoxy) is 2. The number of benzene rings is 1. The zero-order chi connectivity index (χ0) is 17.5. The third-order valence-electron chi connectivity index (χ3n) is 2.76. The standard InChI is InChI=1S/C14H16F3NO5/c1-22-7-6-18(9-13(20)21)12(19)8-10-2-4-11(5-3-10)23-14(15,16)17/h2-5H,6-9H2,1H3,(H,20,21). The van der Waals surface area contributed by atoms with Gasteiger partial charge in [0, 0.05) is 13.7 Å². The molecular formula is C14H16F3NO5. The van der Waals surface area contributed by atoms with E-state index in [1.54, 1.807) is 0 Å². The molecule has 0 saturated heterocycles. The fraction of sp³-hybridized carbons (Fsp3) is 0.429. The Labute approximate surface area is 130 Å². The summed E-state index contributed by atoms with van der Waals surface area (Å²) in [5.74, 6) is -2.02.